The van der Waals surface area contributed by atoms with Crippen LogP contribution < -0.4 is 5.73 Å². The van der Waals surface area contributed by atoms with E-state index in [1.54, 1.807) is 6.33 Å². The Bertz CT molecular complexity index is 231. The molecule has 0 radical (unpaired) electrons. The molecule has 1 heterocycles. The molecule has 0 aromatic carbocycles. The van der Waals surface area contributed by atoms with Gasteiger partial charge < -0.3 is 10.3 Å². The summed E-state index contributed by atoms with van der Waals surface area (Å²) in [5, 5.41) is 7.84. The van der Waals surface area contributed by atoms with Gasteiger partial charge in [-0.2, -0.15) is 0 Å². The largest absolute Gasteiger partial charge is 0.321 e. The second kappa shape index (κ2) is 4.21. The first-order chi connectivity index (χ1) is 5.79. The van der Waals surface area contributed by atoms with Crippen LogP contribution >= 0.6 is 0 Å². The van der Waals surface area contributed by atoms with Crippen molar-refractivity contribution in [2.45, 2.75) is 39.3 Å². The van der Waals surface area contributed by atoms with Crippen molar-refractivity contribution in [2.24, 2.45) is 5.73 Å². The first-order valence-corrected chi connectivity index (χ1v) is 4.42. The van der Waals surface area contributed by atoms with Gasteiger partial charge in [-0.25, -0.2) is 0 Å². The summed E-state index contributed by atoms with van der Waals surface area (Å²) in [6.07, 6.45) is 3.73. The monoisotopic (exact) mass is 168 g/mol. The third-order valence-corrected chi connectivity index (χ3v) is 1.88. The quantitative estimate of drug-likeness (QED) is 0.732. The number of aryl methyl sites for hydroxylation is 1. The molecule has 0 aliphatic carbocycles. The standard InChI is InChI=1S/C8H16N4/c1-3-5-12-6-10-11-8(12)7(9)4-2/h6-7H,3-5,9H2,1-2H3/t7-/m0/s1. The highest BCUT2D eigenvalue weighted by Gasteiger charge is 2.10. The van der Waals surface area contributed by atoms with Crippen molar-refractivity contribution >= 4 is 0 Å². The zero-order valence-corrected chi connectivity index (χ0v) is 7.70. The molecule has 2 N–H and O–H groups in total. The lowest BCUT2D eigenvalue weighted by Crippen LogP contribution is -2.15. The van der Waals surface area contributed by atoms with Gasteiger partial charge >= 0.3 is 0 Å². The van der Waals surface area contributed by atoms with Crippen molar-refractivity contribution in [1.82, 2.24) is 14.8 Å². The summed E-state index contributed by atoms with van der Waals surface area (Å²) >= 11 is 0. The number of hydrogen-bond acceptors (Lipinski definition) is 3. The number of hydrogen-bond donors (Lipinski definition) is 1. The molecule has 0 spiro atoms. The molecule has 0 aliphatic rings. The van der Waals surface area contributed by atoms with Crippen LogP contribution in [0.5, 0.6) is 0 Å². The van der Waals surface area contributed by atoms with E-state index < -0.39 is 0 Å². The zero-order chi connectivity index (χ0) is 8.97. The third-order valence-electron chi connectivity index (χ3n) is 1.88. The fourth-order valence-corrected chi connectivity index (χ4v) is 1.15. The summed E-state index contributed by atoms with van der Waals surface area (Å²) in [6.45, 7) is 5.13. The van der Waals surface area contributed by atoms with Gasteiger partial charge in [-0.05, 0) is 12.8 Å². The number of aromatic nitrogens is 3. The molecule has 0 saturated heterocycles. The molecule has 0 saturated carbocycles. The van der Waals surface area contributed by atoms with E-state index in [0.717, 1.165) is 25.2 Å². The molecule has 12 heavy (non-hydrogen) atoms. The molecule has 68 valence electrons. The summed E-state index contributed by atoms with van der Waals surface area (Å²) in [5.41, 5.74) is 5.85. The SMILES string of the molecule is CCCn1cnnc1[C@@H](N)CC. The molecule has 0 amide bonds. The fraction of sp³-hybridized carbons (Fsp3) is 0.750. The lowest BCUT2D eigenvalue weighted by molar-refractivity contribution is 0.566. The van der Waals surface area contributed by atoms with Gasteiger partial charge in [0.15, 0.2) is 0 Å². The Balaban J connectivity index is 2.76. The molecule has 0 fully saturated rings. The highest BCUT2D eigenvalue weighted by Crippen LogP contribution is 2.09. The highest BCUT2D eigenvalue weighted by molar-refractivity contribution is 4.92. The number of nitrogens with zero attached hydrogens (tertiary/aromatic N) is 3. The molecule has 4 heteroatoms. The van der Waals surface area contributed by atoms with Gasteiger partial charge in [-0.3, -0.25) is 0 Å². The number of rotatable bonds is 4. The summed E-state index contributed by atoms with van der Waals surface area (Å²) < 4.78 is 2.02. The lowest BCUT2D eigenvalue weighted by Gasteiger charge is -2.09. The highest BCUT2D eigenvalue weighted by atomic mass is 15.3. The van der Waals surface area contributed by atoms with Crippen molar-refractivity contribution in [3.63, 3.8) is 0 Å². The number of nitrogens with two attached hydrogens (primary N) is 1. The van der Waals surface area contributed by atoms with Crippen LogP contribution in [0.15, 0.2) is 6.33 Å². The zero-order valence-electron chi connectivity index (χ0n) is 7.70. The first-order valence-electron chi connectivity index (χ1n) is 4.42. The molecule has 1 aromatic heterocycles. The van der Waals surface area contributed by atoms with Crippen molar-refractivity contribution in [2.75, 3.05) is 0 Å². The van der Waals surface area contributed by atoms with Crippen LogP contribution in [0.25, 0.3) is 0 Å². The summed E-state index contributed by atoms with van der Waals surface area (Å²) in [7, 11) is 0. The maximum absolute atomic E-state index is 5.85. The van der Waals surface area contributed by atoms with Crippen molar-refractivity contribution in [3.8, 4) is 0 Å². The van der Waals surface area contributed by atoms with Gasteiger partial charge in [0, 0.05) is 6.54 Å². The molecule has 4 nitrogen and oxygen atoms in total. The topological polar surface area (TPSA) is 56.7 Å². The minimum absolute atomic E-state index is 0.0269. The van der Waals surface area contributed by atoms with Gasteiger partial charge in [0.2, 0.25) is 0 Å². The Hall–Kier alpha value is -0.900. The second-order valence-electron chi connectivity index (χ2n) is 2.90. The van der Waals surface area contributed by atoms with Crippen LogP contribution in [0, 0.1) is 0 Å². The fourth-order valence-electron chi connectivity index (χ4n) is 1.15. The van der Waals surface area contributed by atoms with E-state index in [1.807, 2.05) is 4.57 Å². The molecule has 1 rings (SSSR count). The predicted molar refractivity (Wildman–Crippen MR) is 47.5 cm³/mol. The Morgan fingerprint density at radius 3 is 2.92 bits per heavy atom. The van der Waals surface area contributed by atoms with E-state index in [-0.39, 0.29) is 6.04 Å². The van der Waals surface area contributed by atoms with Crippen LogP contribution in [0.2, 0.25) is 0 Å². The minimum atomic E-state index is 0.0269. The minimum Gasteiger partial charge on any atom is -0.321 e. The maximum Gasteiger partial charge on any atom is 0.149 e. The van der Waals surface area contributed by atoms with E-state index in [0.29, 0.717) is 0 Å². The molecule has 0 bridgehead atoms. The Labute approximate surface area is 72.8 Å². The van der Waals surface area contributed by atoms with Crippen molar-refractivity contribution in [3.05, 3.63) is 12.2 Å². The first kappa shape index (κ1) is 9.19. The smallest absolute Gasteiger partial charge is 0.149 e. The third kappa shape index (κ3) is 1.82. The van der Waals surface area contributed by atoms with Crippen LogP contribution in [0.3, 0.4) is 0 Å². The van der Waals surface area contributed by atoms with Crippen LogP contribution in [0.1, 0.15) is 38.6 Å². The molecule has 0 unspecified atom stereocenters. The van der Waals surface area contributed by atoms with Crippen LogP contribution in [-0.4, -0.2) is 14.8 Å². The Morgan fingerprint density at radius 1 is 1.58 bits per heavy atom. The second-order valence-corrected chi connectivity index (χ2v) is 2.90. The Morgan fingerprint density at radius 2 is 2.33 bits per heavy atom. The maximum atomic E-state index is 5.85. The van der Waals surface area contributed by atoms with E-state index in [2.05, 4.69) is 24.0 Å². The molecular weight excluding hydrogens is 152 g/mol. The van der Waals surface area contributed by atoms with Crippen LogP contribution in [0.4, 0.5) is 0 Å². The van der Waals surface area contributed by atoms with Crippen molar-refractivity contribution < 1.29 is 0 Å². The summed E-state index contributed by atoms with van der Waals surface area (Å²) in [6, 6.07) is 0.0269. The van der Waals surface area contributed by atoms with Gasteiger partial charge in [0.05, 0.1) is 6.04 Å². The van der Waals surface area contributed by atoms with Crippen molar-refractivity contribution in [1.29, 1.82) is 0 Å². The van der Waals surface area contributed by atoms with E-state index in [4.69, 9.17) is 5.73 Å². The molecule has 1 atom stereocenters. The lowest BCUT2D eigenvalue weighted by atomic mass is 10.2. The molecule has 0 aliphatic heterocycles. The van der Waals surface area contributed by atoms with E-state index in [9.17, 15) is 0 Å². The van der Waals surface area contributed by atoms with Gasteiger partial charge in [0.1, 0.15) is 12.2 Å². The normalized spacial score (nSPS) is 13.2. The van der Waals surface area contributed by atoms with E-state index in [1.165, 1.54) is 0 Å². The van der Waals surface area contributed by atoms with Gasteiger partial charge in [-0.15, -0.1) is 10.2 Å². The van der Waals surface area contributed by atoms with E-state index >= 15 is 0 Å². The average Bonchev–Trinajstić information content (AvgIpc) is 2.52. The predicted octanol–water partition coefficient (Wildman–Crippen LogP) is 1.10. The summed E-state index contributed by atoms with van der Waals surface area (Å²) in [4.78, 5) is 0. The molecular formula is C8H16N4. The summed E-state index contributed by atoms with van der Waals surface area (Å²) in [5.74, 6) is 0.902. The van der Waals surface area contributed by atoms with Gasteiger partial charge in [0.25, 0.3) is 0 Å². The Kier molecular flexibility index (Phi) is 3.22. The van der Waals surface area contributed by atoms with Gasteiger partial charge in [-0.1, -0.05) is 13.8 Å². The van der Waals surface area contributed by atoms with Crippen LogP contribution in [-0.2, 0) is 6.54 Å². The molecule has 1 aromatic rings. The average molecular weight is 168 g/mol.